The predicted molar refractivity (Wildman–Crippen MR) is 242 cm³/mol. The van der Waals surface area contributed by atoms with Crippen molar-refractivity contribution in [3.63, 3.8) is 0 Å². The summed E-state index contributed by atoms with van der Waals surface area (Å²) in [6.07, 6.45) is 6.47. The number of ether oxygens (including phenoxy) is 3. The van der Waals surface area contributed by atoms with Crippen LogP contribution in [0.5, 0.6) is 0 Å². The van der Waals surface area contributed by atoms with Crippen molar-refractivity contribution in [2.24, 2.45) is 0 Å². The van der Waals surface area contributed by atoms with Crippen LogP contribution in [0.2, 0.25) is 0 Å². The maximum Gasteiger partial charge on any atom is 0.278 e. The molecule has 0 saturated carbocycles. The van der Waals surface area contributed by atoms with E-state index < -0.39 is 45.6 Å². The number of nitrogens with two attached hydrogens (primary N) is 1. The number of pyridine rings is 1. The molecule has 1 atom stereocenters. The first kappa shape index (κ1) is 47.4. The number of nitrogens with zero attached hydrogens (tertiary/aromatic N) is 9. The SMILES string of the molecule is Nc1ncc(-c2ccc(S(=O)(=O)N3CCN(Cc4cn(CCOCCOCCOCCNc5cccc6c5C(=O)N(C5CCC(=O)NC5=O)C6=O)nn4)CC3)cc2)nc1C(=O)Nc1cccnc1. The second kappa shape index (κ2) is 21.7. The molecular formula is C44H49N13O10S. The van der Waals surface area contributed by atoms with E-state index in [-0.39, 0.29) is 40.4 Å². The number of piperidine rings is 1. The zero-order valence-electron chi connectivity index (χ0n) is 36.8. The highest BCUT2D eigenvalue weighted by Gasteiger charge is 2.45. The summed E-state index contributed by atoms with van der Waals surface area (Å²) >= 11 is 0. The van der Waals surface area contributed by atoms with Crippen molar-refractivity contribution in [1.82, 2.24) is 49.4 Å². The highest BCUT2D eigenvalue weighted by Crippen LogP contribution is 2.32. The van der Waals surface area contributed by atoms with E-state index in [4.69, 9.17) is 19.9 Å². The molecule has 1 unspecified atom stereocenters. The summed E-state index contributed by atoms with van der Waals surface area (Å²) in [6.45, 7) is 5.09. The van der Waals surface area contributed by atoms with Gasteiger partial charge >= 0.3 is 0 Å². The molecule has 0 bridgehead atoms. The molecule has 24 heteroatoms. The van der Waals surface area contributed by atoms with Crippen molar-refractivity contribution in [3.8, 4) is 11.3 Å². The summed E-state index contributed by atoms with van der Waals surface area (Å²) in [6, 6.07) is 13.5. The third-order valence-corrected chi connectivity index (χ3v) is 13.2. The van der Waals surface area contributed by atoms with E-state index in [0.29, 0.717) is 108 Å². The highest BCUT2D eigenvalue weighted by molar-refractivity contribution is 7.89. The van der Waals surface area contributed by atoms with E-state index in [1.807, 2.05) is 6.20 Å². The molecule has 2 fully saturated rings. The minimum Gasteiger partial charge on any atom is -0.382 e. The maximum absolute atomic E-state index is 13.6. The van der Waals surface area contributed by atoms with Crippen molar-refractivity contribution in [1.29, 1.82) is 0 Å². The highest BCUT2D eigenvalue weighted by atomic mass is 32.2. The van der Waals surface area contributed by atoms with Crippen molar-refractivity contribution < 1.29 is 46.6 Å². The molecular weight excluding hydrogens is 903 g/mol. The largest absolute Gasteiger partial charge is 0.382 e. The van der Waals surface area contributed by atoms with Crippen LogP contribution in [0.4, 0.5) is 17.2 Å². The van der Waals surface area contributed by atoms with Crippen LogP contribution in [0.25, 0.3) is 11.3 Å². The fourth-order valence-electron chi connectivity index (χ4n) is 7.78. The Morgan fingerprint density at radius 2 is 1.62 bits per heavy atom. The van der Waals surface area contributed by atoms with E-state index in [1.54, 1.807) is 53.3 Å². The van der Waals surface area contributed by atoms with Crippen LogP contribution in [0.3, 0.4) is 0 Å². The summed E-state index contributed by atoms with van der Waals surface area (Å²) in [5, 5.41) is 16.5. The molecule has 0 spiro atoms. The minimum absolute atomic E-state index is 0.0473. The molecule has 23 nitrogen and oxygen atoms in total. The van der Waals surface area contributed by atoms with E-state index in [0.717, 1.165) is 10.6 Å². The van der Waals surface area contributed by atoms with E-state index in [9.17, 15) is 32.4 Å². The summed E-state index contributed by atoms with van der Waals surface area (Å²) in [7, 11) is -3.78. The number of fused-ring (bicyclic) bond motifs is 1. The number of carbonyl (C=O) groups is 5. The molecule has 3 aromatic heterocycles. The Kier molecular flexibility index (Phi) is 15.1. The average molecular weight is 952 g/mol. The summed E-state index contributed by atoms with van der Waals surface area (Å²) in [4.78, 5) is 78.7. The number of sulfonamides is 1. The third kappa shape index (κ3) is 11.2. The Morgan fingerprint density at radius 1 is 0.868 bits per heavy atom. The molecule has 2 saturated heterocycles. The van der Waals surface area contributed by atoms with Crippen LogP contribution in [-0.2, 0) is 46.9 Å². The van der Waals surface area contributed by atoms with Crippen LogP contribution in [-0.4, -0.2) is 160 Å². The normalized spacial score (nSPS) is 16.8. The van der Waals surface area contributed by atoms with Crippen LogP contribution in [0.15, 0.2) is 84.3 Å². The molecule has 5 aromatic rings. The van der Waals surface area contributed by atoms with Gasteiger partial charge in [0.25, 0.3) is 17.7 Å². The van der Waals surface area contributed by atoms with Gasteiger partial charge in [-0.3, -0.25) is 44.1 Å². The lowest BCUT2D eigenvalue weighted by Crippen LogP contribution is -2.54. The Hall–Kier alpha value is -7.09. The van der Waals surface area contributed by atoms with Crippen molar-refractivity contribution in [2.75, 3.05) is 88.7 Å². The molecule has 5 N–H and O–H groups in total. The molecule has 8 rings (SSSR count). The lowest BCUT2D eigenvalue weighted by atomic mass is 10.0. The number of anilines is 3. The third-order valence-electron chi connectivity index (χ3n) is 11.3. The van der Waals surface area contributed by atoms with Gasteiger partial charge in [0.15, 0.2) is 11.5 Å². The first-order valence-electron chi connectivity index (χ1n) is 21.8. The molecule has 356 valence electrons. The summed E-state index contributed by atoms with van der Waals surface area (Å²) < 4.78 is 47.2. The number of hydrogen-bond donors (Lipinski definition) is 4. The van der Waals surface area contributed by atoms with Gasteiger partial charge < -0.3 is 30.6 Å². The van der Waals surface area contributed by atoms with Gasteiger partial charge in [0.2, 0.25) is 21.8 Å². The number of hydrogen-bond acceptors (Lipinski definition) is 18. The average Bonchev–Trinajstić information content (AvgIpc) is 3.89. The maximum atomic E-state index is 13.6. The number of imide groups is 2. The monoisotopic (exact) mass is 951 g/mol. The van der Waals surface area contributed by atoms with Crippen molar-refractivity contribution in [3.05, 3.63) is 102 Å². The lowest BCUT2D eigenvalue weighted by Gasteiger charge is -2.33. The summed E-state index contributed by atoms with van der Waals surface area (Å²) in [5.41, 5.74) is 8.87. The number of carbonyl (C=O) groups excluding carboxylic acids is 5. The second-order valence-electron chi connectivity index (χ2n) is 15.8. The fourth-order valence-corrected chi connectivity index (χ4v) is 9.20. The van der Waals surface area contributed by atoms with E-state index >= 15 is 0 Å². The van der Waals surface area contributed by atoms with Crippen LogP contribution >= 0.6 is 0 Å². The number of nitrogens with one attached hydrogen (secondary N) is 3. The first-order valence-corrected chi connectivity index (χ1v) is 23.3. The van der Waals surface area contributed by atoms with E-state index in [1.165, 1.54) is 28.8 Å². The number of amides is 5. The van der Waals surface area contributed by atoms with Crippen LogP contribution in [0.1, 0.15) is 49.7 Å². The molecule has 3 aliphatic heterocycles. The van der Waals surface area contributed by atoms with Gasteiger partial charge in [-0.25, -0.2) is 23.1 Å². The second-order valence-corrected chi connectivity index (χ2v) is 17.7. The Balaban J connectivity index is 0.681. The number of benzene rings is 2. The zero-order chi connectivity index (χ0) is 47.6. The van der Waals surface area contributed by atoms with Gasteiger partial charge in [0.05, 0.1) is 91.7 Å². The van der Waals surface area contributed by atoms with Crippen molar-refractivity contribution >= 4 is 56.8 Å². The van der Waals surface area contributed by atoms with E-state index in [2.05, 4.69) is 46.1 Å². The lowest BCUT2D eigenvalue weighted by molar-refractivity contribution is -0.136. The Labute approximate surface area is 390 Å². The quantitative estimate of drug-likeness (QED) is 0.0590. The van der Waals surface area contributed by atoms with Gasteiger partial charge in [-0.2, -0.15) is 4.31 Å². The van der Waals surface area contributed by atoms with Gasteiger partial charge in [0, 0.05) is 69.3 Å². The van der Waals surface area contributed by atoms with Crippen molar-refractivity contribution in [2.45, 2.75) is 36.9 Å². The number of aromatic nitrogens is 6. The fraction of sp³-hybridized carbons (Fsp3) is 0.364. The first-order chi connectivity index (χ1) is 33.0. The van der Waals surface area contributed by atoms with Gasteiger partial charge in [0.1, 0.15) is 6.04 Å². The minimum atomic E-state index is -3.78. The number of piperazine rings is 1. The summed E-state index contributed by atoms with van der Waals surface area (Å²) in [5.74, 6) is -2.83. The van der Waals surface area contributed by atoms with Gasteiger partial charge in [-0.05, 0) is 42.8 Å². The Bertz CT molecular complexity index is 2750. The molecule has 0 aliphatic carbocycles. The standard InChI is InChI=1S/C44H49N13O10S/c45-40-39(42(60)49-30-3-2-12-46-25-30)50-35(26-48-40)29-6-8-32(9-7-29)68(63,64)56-16-14-54(15-17-56)27-31-28-55(53-52-31)18-20-66-22-24-67-23-21-65-19-13-47-34-5-1-4-33-38(34)44(62)57(43(33)61)36-10-11-37(58)51-41(36)59/h1-9,12,25-26,28,36,47H,10-11,13-24,27H2,(H2,45,48)(H,49,60)(H,51,58,59). The van der Waals surface area contributed by atoms with Gasteiger partial charge in [-0.15, -0.1) is 5.10 Å². The molecule has 68 heavy (non-hydrogen) atoms. The zero-order valence-corrected chi connectivity index (χ0v) is 37.6. The Morgan fingerprint density at radius 3 is 2.35 bits per heavy atom. The molecule has 6 heterocycles. The molecule has 0 radical (unpaired) electrons. The predicted octanol–water partition coefficient (Wildman–Crippen LogP) is 1.03. The van der Waals surface area contributed by atoms with Crippen LogP contribution in [0, 0.1) is 0 Å². The number of nitrogen functional groups attached to an aromatic ring is 1. The number of rotatable bonds is 21. The molecule has 2 aromatic carbocycles. The van der Waals surface area contributed by atoms with Gasteiger partial charge in [-0.1, -0.05) is 23.4 Å². The smallest absolute Gasteiger partial charge is 0.278 e. The molecule has 3 aliphatic rings. The molecule has 5 amide bonds. The van der Waals surface area contributed by atoms with Crippen LogP contribution < -0.4 is 21.7 Å². The topological polar surface area (TPSA) is 288 Å².